The van der Waals surface area contributed by atoms with E-state index in [1.807, 2.05) is 0 Å². The molecule has 0 aliphatic rings. The molecule has 6 nitrogen and oxygen atoms in total. The molecule has 0 amide bonds. The van der Waals surface area contributed by atoms with Crippen LogP contribution >= 0.6 is 31.9 Å². The molecule has 0 spiro atoms. The Bertz CT molecular complexity index is 647. The molecule has 1 aromatic heterocycles. The molecule has 0 fully saturated rings. The lowest BCUT2D eigenvalue weighted by atomic mass is 10.3. The molecule has 0 radical (unpaired) electrons. The number of hydrogen-bond acceptors (Lipinski definition) is 5. The quantitative estimate of drug-likeness (QED) is 0.777. The average molecular weight is 397 g/mol. The van der Waals surface area contributed by atoms with Gasteiger partial charge in [-0.2, -0.15) is 0 Å². The van der Waals surface area contributed by atoms with E-state index in [0.29, 0.717) is 14.6 Å². The molecule has 0 bridgehead atoms. The summed E-state index contributed by atoms with van der Waals surface area (Å²) in [6.07, 6.45) is 2.45. The first-order chi connectivity index (χ1) is 8.40. The molecule has 0 saturated heterocycles. The van der Waals surface area contributed by atoms with Gasteiger partial charge in [0, 0.05) is 14.6 Å². The lowest BCUT2D eigenvalue weighted by molar-refractivity contribution is 0.420. The van der Waals surface area contributed by atoms with Gasteiger partial charge >= 0.3 is 0 Å². The summed E-state index contributed by atoms with van der Waals surface area (Å²) < 4.78 is 31.9. The van der Waals surface area contributed by atoms with Crippen molar-refractivity contribution in [1.82, 2.24) is 5.16 Å². The highest BCUT2D eigenvalue weighted by Gasteiger charge is 2.22. The maximum atomic E-state index is 12.2. The van der Waals surface area contributed by atoms with Crippen LogP contribution in [0.3, 0.4) is 0 Å². The topological polar surface area (TPSA) is 98.2 Å². The first-order valence-corrected chi connectivity index (χ1v) is 7.64. The summed E-state index contributed by atoms with van der Waals surface area (Å²) in [6, 6.07) is 3.01. The fourth-order valence-corrected chi connectivity index (χ4v) is 4.94. The largest absolute Gasteiger partial charge is 0.399 e. The number of aromatic nitrogens is 1. The van der Waals surface area contributed by atoms with Crippen LogP contribution in [0, 0.1) is 0 Å². The predicted octanol–water partition coefficient (Wildman–Crippen LogP) is 2.58. The van der Waals surface area contributed by atoms with Gasteiger partial charge in [-0.25, -0.2) is 8.42 Å². The summed E-state index contributed by atoms with van der Waals surface area (Å²) in [5.41, 5.74) is 6.29. The van der Waals surface area contributed by atoms with Crippen LogP contribution in [0.25, 0.3) is 0 Å². The Balaban J connectivity index is 2.48. The average Bonchev–Trinajstić information content (AvgIpc) is 2.66. The fourth-order valence-electron chi connectivity index (χ4n) is 1.30. The summed E-state index contributed by atoms with van der Waals surface area (Å²) in [6.45, 7) is 0. The molecule has 96 valence electrons. The van der Waals surface area contributed by atoms with E-state index in [-0.39, 0.29) is 10.6 Å². The van der Waals surface area contributed by atoms with E-state index in [1.54, 1.807) is 0 Å². The Kier molecular flexibility index (Phi) is 3.64. The van der Waals surface area contributed by atoms with Gasteiger partial charge < -0.3 is 10.3 Å². The van der Waals surface area contributed by atoms with Crippen LogP contribution in [0.4, 0.5) is 11.4 Å². The van der Waals surface area contributed by atoms with Crippen molar-refractivity contribution in [3.8, 4) is 0 Å². The number of nitrogens with two attached hydrogens (primary N) is 1. The summed E-state index contributed by atoms with van der Waals surface area (Å²) >= 11 is 6.34. The molecule has 0 unspecified atom stereocenters. The molecule has 3 N–H and O–H groups in total. The molecule has 2 rings (SSSR count). The molecule has 1 aromatic carbocycles. The van der Waals surface area contributed by atoms with Gasteiger partial charge in [-0.1, -0.05) is 5.16 Å². The van der Waals surface area contributed by atoms with Gasteiger partial charge in [0.25, 0.3) is 10.0 Å². The monoisotopic (exact) mass is 395 g/mol. The first kappa shape index (κ1) is 13.4. The minimum Gasteiger partial charge on any atom is -0.399 e. The zero-order valence-electron chi connectivity index (χ0n) is 8.72. The minimum absolute atomic E-state index is 0.0536. The van der Waals surface area contributed by atoms with Crippen molar-refractivity contribution >= 4 is 53.3 Å². The number of nitrogens with zero attached hydrogens (tertiary/aromatic N) is 1. The molecule has 0 aliphatic carbocycles. The lowest BCUT2D eigenvalue weighted by Gasteiger charge is -2.10. The van der Waals surface area contributed by atoms with Gasteiger partial charge in [0.15, 0.2) is 0 Å². The highest BCUT2D eigenvalue weighted by molar-refractivity contribution is 9.11. The van der Waals surface area contributed by atoms with Gasteiger partial charge in [-0.05, 0) is 44.0 Å². The normalized spacial score (nSPS) is 11.4. The molecule has 2 aromatic rings. The van der Waals surface area contributed by atoms with E-state index in [1.165, 1.54) is 24.6 Å². The second-order valence-electron chi connectivity index (χ2n) is 3.33. The Hall–Kier alpha value is -1.06. The summed E-state index contributed by atoms with van der Waals surface area (Å²) in [4.78, 5) is 0.0536. The number of benzene rings is 1. The van der Waals surface area contributed by atoms with E-state index in [0.717, 1.165) is 0 Å². The van der Waals surface area contributed by atoms with Crippen LogP contribution in [0.1, 0.15) is 0 Å². The number of rotatable bonds is 3. The standard InChI is InChI=1S/C9H7Br2N3O3S/c10-7-1-5(12)2-8(11)9(7)18(15,16)14-6-3-13-17-4-6/h1-4,14H,12H2. The highest BCUT2D eigenvalue weighted by Crippen LogP contribution is 2.33. The molecule has 9 heteroatoms. The van der Waals surface area contributed by atoms with Crippen molar-refractivity contribution in [2.45, 2.75) is 4.90 Å². The third-order valence-electron chi connectivity index (χ3n) is 1.97. The summed E-state index contributed by atoms with van der Waals surface area (Å²) in [5.74, 6) is 0. The van der Waals surface area contributed by atoms with Gasteiger partial charge in [0.2, 0.25) is 0 Å². The summed E-state index contributed by atoms with van der Waals surface area (Å²) in [7, 11) is -3.76. The van der Waals surface area contributed by atoms with Crippen LogP contribution in [-0.4, -0.2) is 13.6 Å². The SMILES string of the molecule is Nc1cc(Br)c(S(=O)(=O)Nc2cnoc2)c(Br)c1. The molecule has 0 saturated carbocycles. The maximum absolute atomic E-state index is 12.2. The van der Waals surface area contributed by atoms with E-state index >= 15 is 0 Å². The van der Waals surface area contributed by atoms with Gasteiger partial charge in [0.05, 0.1) is 6.20 Å². The number of anilines is 2. The van der Waals surface area contributed by atoms with E-state index < -0.39 is 10.0 Å². The molecule has 1 heterocycles. The maximum Gasteiger partial charge on any atom is 0.264 e. The van der Waals surface area contributed by atoms with Crippen molar-refractivity contribution in [2.75, 3.05) is 10.5 Å². The molecular formula is C9H7Br2N3O3S. The Morgan fingerprint density at radius 1 is 1.28 bits per heavy atom. The molecule has 18 heavy (non-hydrogen) atoms. The molecule has 0 atom stereocenters. The van der Waals surface area contributed by atoms with E-state index in [4.69, 9.17) is 5.73 Å². The van der Waals surface area contributed by atoms with Crippen LogP contribution in [0.2, 0.25) is 0 Å². The Morgan fingerprint density at radius 3 is 2.39 bits per heavy atom. The second-order valence-corrected chi connectivity index (χ2v) is 6.66. The van der Waals surface area contributed by atoms with E-state index in [2.05, 4.69) is 46.3 Å². The number of halogens is 2. The number of hydrogen-bond donors (Lipinski definition) is 2. The molecular weight excluding hydrogens is 390 g/mol. The third-order valence-corrected chi connectivity index (χ3v) is 5.23. The molecule has 0 aliphatic heterocycles. The highest BCUT2D eigenvalue weighted by atomic mass is 79.9. The number of nitrogen functional groups attached to an aromatic ring is 1. The Morgan fingerprint density at radius 2 is 1.89 bits per heavy atom. The zero-order chi connectivity index (χ0) is 13.3. The van der Waals surface area contributed by atoms with Crippen molar-refractivity contribution in [2.24, 2.45) is 0 Å². The zero-order valence-corrected chi connectivity index (χ0v) is 12.7. The van der Waals surface area contributed by atoms with Crippen molar-refractivity contribution in [1.29, 1.82) is 0 Å². The smallest absolute Gasteiger partial charge is 0.264 e. The van der Waals surface area contributed by atoms with E-state index in [9.17, 15) is 8.42 Å². The van der Waals surface area contributed by atoms with Crippen molar-refractivity contribution in [3.05, 3.63) is 33.5 Å². The lowest BCUT2D eigenvalue weighted by Crippen LogP contribution is -2.14. The van der Waals surface area contributed by atoms with Crippen LogP contribution in [0.5, 0.6) is 0 Å². The fraction of sp³-hybridized carbons (Fsp3) is 0. The van der Waals surface area contributed by atoms with Crippen LogP contribution in [0.15, 0.2) is 43.0 Å². The second kappa shape index (κ2) is 4.90. The third kappa shape index (κ3) is 2.68. The minimum atomic E-state index is -3.76. The van der Waals surface area contributed by atoms with Crippen LogP contribution < -0.4 is 10.5 Å². The van der Waals surface area contributed by atoms with Crippen molar-refractivity contribution < 1.29 is 12.9 Å². The number of nitrogens with one attached hydrogen (secondary N) is 1. The summed E-state index contributed by atoms with van der Waals surface area (Å²) in [5, 5.41) is 3.41. The van der Waals surface area contributed by atoms with Gasteiger partial charge in [-0.3, -0.25) is 4.72 Å². The van der Waals surface area contributed by atoms with Crippen LogP contribution in [-0.2, 0) is 10.0 Å². The first-order valence-electron chi connectivity index (χ1n) is 4.57. The van der Waals surface area contributed by atoms with Crippen molar-refractivity contribution in [3.63, 3.8) is 0 Å². The predicted molar refractivity (Wildman–Crippen MR) is 73.6 cm³/mol. The van der Waals surface area contributed by atoms with Gasteiger partial charge in [0.1, 0.15) is 16.8 Å². The Labute approximate surface area is 120 Å². The number of sulfonamides is 1. The van der Waals surface area contributed by atoms with Gasteiger partial charge in [-0.15, -0.1) is 0 Å².